The first-order chi connectivity index (χ1) is 13.2. The summed E-state index contributed by atoms with van der Waals surface area (Å²) in [4.78, 5) is 12.3. The van der Waals surface area contributed by atoms with E-state index in [-0.39, 0.29) is 6.29 Å². The normalized spacial score (nSPS) is 20.8. The van der Waals surface area contributed by atoms with Crippen LogP contribution in [0.1, 0.15) is 71.4 Å². The molecule has 0 saturated carbocycles. The molecule has 6 nitrogen and oxygen atoms in total. The van der Waals surface area contributed by atoms with Crippen LogP contribution in [0.4, 0.5) is 4.79 Å². The maximum Gasteiger partial charge on any atom is 0.408 e. The Bertz CT molecular complexity index is 591. The number of hydrogen-bond donors (Lipinski definition) is 2. The summed E-state index contributed by atoms with van der Waals surface area (Å²) in [5.74, 6) is 0. The summed E-state index contributed by atoms with van der Waals surface area (Å²) in [5.41, 5.74) is -0.935. The van der Waals surface area contributed by atoms with Gasteiger partial charge in [-0.2, -0.15) is 0 Å². The smallest absolute Gasteiger partial charge is 0.408 e. The molecule has 1 aliphatic rings. The van der Waals surface area contributed by atoms with Gasteiger partial charge in [-0.1, -0.05) is 30.3 Å². The van der Waals surface area contributed by atoms with E-state index in [2.05, 4.69) is 5.32 Å². The van der Waals surface area contributed by atoms with Gasteiger partial charge in [0.05, 0.1) is 11.6 Å². The lowest BCUT2D eigenvalue weighted by Gasteiger charge is -2.35. The summed E-state index contributed by atoms with van der Waals surface area (Å²) in [5, 5.41) is 14.0. The molecule has 1 aromatic rings. The van der Waals surface area contributed by atoms with Crippen molar-refractivity contribution >= 4 is 6.09 Å². The first-order valence-electron chi connectivity index (χ1n) is 10.2. The van der Waals surface area contributed by atoms with Gasteiger partial charge in [0.25, 0.3) is 0 Å². The van der Waals surface area contributed by atoms with Crippen molar-refractivity contribution in [1.82, 2.24) is 5.32 Å². The fourth-order valence-corrected chi connectivity index (χ4v) is 3.30. The number of nitrogens with one attached hydrogen (secondary N) is 1. The highest BCUT2D eigenvalue weighted by Crippen LogP contribution is 2.30. The topological polar surface area (TPSA) is 77.0 Å². The predicted octanol–water partition coefficient (Wildman–Crippen LogP) is 4.33. The van der Waals surface area contributed by atoms with E-state index < -0.39 is 23.3 Å². The molecule has 3 unspecified atom stereocenters. The fraction of sp³-hybridized carbons (Fsp3) is 0.682. The van der Waals surface area contributed by atoms with Crippen LogP contribution in [0.25, 0.3) is 0 Å². The predicted molar refractivity (Wildman–Crippen MR) is 108 cm³/mol. The molecule has 0 spiro atoms. The van der Waals surface area contributed by atoms with Crippen LogP contribution >= 0.6 is 0 Å². The Balaban J connectivity index is 1.96. The Hall–Kier alpha value is -1.63. The number of hydrogen-bond acceptors (Lipinski definition) is 5. The highest BCUT2D eigenvalue weighted by Gasteiger charge is 2.35. The van der Waals surface area contributed by atoms with Gasteiger partial charge in [-0.15, -0.1) is 0 Å². The molecule has 1 heterocycles. The van der Waals surface area contributed by atoms with Crippen molar-refractivity contribution in [2.45, 2.75) is 83.3 Å². The SMILES string of the molecule is CC(C)(C)OC(=O)NC(c1ccccc1)C(C)(O)CCCOC1CCCCO1. The molecule has 3 atom stereocenters. The van der Waals surface area contributed by atoms with Gasteiger partial charge >= 0.3 is 6.09 Å². The summed E-state index contributed by atoms with van der Waals surface area (Å²) in [6.07, 6.45) is 3.57. The maximum absolute atomic E-state index is 12.3. The molecule has 28 heavy (non-hydrogen) atoms. The van der Waals surface area contributed by atoms with E-state index >= 15 is 0 Å². The third kappa shape index (κ3) is 7.78. The molecule has 158 valence electrons. The number of carbonyl (C=O) groups is 1. The van der Waals surface area contributed by atoms with Crippen molar-refractivity contribution in [3.8, 4) is 0 Å². The van der Waals surface area contributed by atoms with Gasteiger partial charge in [-0.05, 0) is 65.4 Å². The van der Waals surface area contributed by atoms with E-state index in [0.717, 1.165) is 31.4 Å². The minimum atomic E-state index is -1.16. The van der Waals surface area contributed by atoms with E-state index in [1.807, 2.05) is 51.1 Å². The number of ether oxygens (including phenoxy) is 3. The lowest BCUT2D eigenvalue weighted by atomic mass is 9.86. The first kappa shape index (κ1) is 22.7. The Kier molecular flexibility index (Phi) is 8.28. The molecule has 0 radical (unpaired) electrons. The molecule has 1 aliphatic heterocycles. The highest BCUT2D eigenvalue weighted by atomic mass is 16.7. The Morgan fingerprint density at radius 1 is 1.25 bits per heavy atom. The molecule has 1 amide bonds. The highest BCUT2D eigenvalue weighted by molar-refractivity contribution is 5.68. The van der Waals surface area contributed by atoms with Crippen LogP contribution in [0.5, 0.6) is 0 Å². The zero-order chi connectivity index (χ0) is 20.6. The van der Waals surface area contributed by atoms with Crippen LogP contribution in [-0.2, 0) is 14.2 Å². The molecule has 2 N–H and O–H groups in total. The third-order valence-corrected chi connectivity index (χ3v) is 4.68. The van der Waals surface area contributed by atoms with Crippen LogP contribution in [0.2, 0.25) is 0 Å². The van der Waals surface area contributed by atoms with Crippen molar-refractivity contribution in [2.75, 3.05) is 13.2 Å². The second-order valence-corrected chi connectivity index (χ2v) is 8.62. The van der Waals surface area contributed by atoms with Crippen LogP contribution in [0.15, 0.2) is 30.3 Å². The number of aliphatic hydroxyl groups is 1. The van der Waals surface area contributed by atoms with E-state index in [4.69, 9.17) is 14.2 Å². The summed E-state index contributed by atoms with van der Waals surface area (Å²) < 4.78 is 16.7. The number of carbonyl (C=O) groups excluding carboxylic acids is 1. The van der Waals surface area contributed by atoms with Gasteiger partial charge in [0.15, 0.2) is 6.29 Å². The molecule has 0 aromatic heterocycles. The lowest BCUT2D eigenvalue weighted by Crippen LogP contribution is -2.46. The summed E-state index contributed by atoms with van der Waals surface area (Å²) in [7, 11) is 0. The maximum atomic E-state index is 12.3. The van der Waals surface area contributed by atoms with E-state index in [9.17, 15) is 9.90 Å². The number of amides is 1. The van der Waals surface area contributed by atoms with Crippen LogP contribution < -0.4 is 5.32 Å². The monoisotopic (exact) mass is 393 g/mol. The molecule has 1 saturated heterocycles. The summed E-state index contributed by atoms with van der Waals surface area (Å²) in [6, 6.07) is 8.87. The van der Waals surface area contributed by atoms with Gasteiger partial charge in [-0.25, -0.2) is 4.79 Å². The largest absolute Gasteiger partial charge is 0.444 e. The molecule has 2 rings (SSSR count). The average Bonchev–Trinajstić information content (AvgIpc) is 2.63. The Morgan fingerprint density at radius 3 is 2.57 bits per heavy atom. The number of rotatable bonds is 8. The molecule has 0 bridgehead atoms. The van der Waals surface area contributed by atoms with Gasteiger partial charge in [-0.3, -0.25) is 0 Å². The molecule has 6 heteroatoms. The Morgan fingerprint density at radius 2 is 1.96 bits per heavy atom. The average molecular weight is 394 g/mol. The van der Waals surface area contributed by atoms with Crippen molar-refractivity contribution < 1.29 is 24.1 Å². The van der Waals surface area contributed by atoms with Gasteiger partial charge in [0, 0.05) is 13.2 Å². The van der Waals surface area contributed by atoms with Crippen molar-refractivity contribution in [2.24, 2.45) is 0 Å². The molecule has 1 aromatic carbocycles. The number of alkyl carbamates (subject to hydrolysis) is 1. The van der Waals surface area contributed by atoms with Gasteiger partial charge in [0.2, 0.25) is 0 Å². The van der Waals surface area contributed by atoms with Crippen LogP contribution in [0.3, 0.4) is 0 Å². The fourth-order valence-electron chi connectivity index (χ4n) is 3.30. The zero-order valence-corrected chi connectivity index (χ0v) is 17.6. The van der Waals surface area contributed by atoms with E-state index in [1.54, 1.807) is 6.92 Å². The standard InChI is InChI=1S/C22H35NO5/c1-21(2,3)28-20(24)23-19(17-11-6-5-7-12-17)22(4,25)14-10-16-27-18-13-8-9-15-26-18/h5-7,11-12,18-19,25H,8-10,13-16H2,1-4H3,(H,23,24). The minimum Gasteiger partial charge on any atom is -0.444 e. The van der Waals surface area contributed by atoms with Gasteiger partial charge < -0.3 is 24.6 Å². The second-order valence-electron chi connectivity index (χ2n) is 8.62. The van der Waals surface area contributed by atoms with E-state index in [1.165, 1.54) is 0 Å². The summed E-state index contributed by atoms with van der Waals surface area (Å²) >= 11 is 0. The quantitative estimate of drug-likeness (QED) is 0.643. The lowest BCUT2D eigenvalue weighted by molar-refractivity contribution is -0.164. The van der Waals surface area contributed by atoms with Crippen molar-refractivity contribution in [3.05, 3.63) is 35.9 Å². The van der Waals surface area contributed by atoms with Crippen LogP contribution in [-0.4, -0.2) is 41.9 Å². The van der Waals surface area contributed by atoms with Crippen molar-refractivity contribution in [1.29, 1.82) is 0 Å². The number of benzene rings is 1. The minimum absolute atomic E-state index is 0.136. The van der Waals surface area contributed by atoms with Crippen LogP contribution in [0, 0.1) is 0 Å². The molecular formula is C22H35NO5. The third-order valence-electron chi connectivity index (χ3n) is 4.68. The summed E-state index contributed by atoms with van der Waals surface area (Å²) in [6.45, 7) is 8.43. The van der Waals surface area contributed by atoms with Gasteiger partial charge in [0.1, 0.15) is 5.60 Å². The molecular weight excluding hydrogens is 358 g/mol. The Labute approximate surface area is 168 Å². The zero-order valence-electron chi connectivity index (χ0n) is 17.6. The second kappa shape index (κ2) is 10.2. The first-order valence-corrected chi connectivity index (χ1v) is 10.2. The van der Waals surface area contributed by atoms with Crippen molar-refractivity contribution in [3.63, 3.8) is 0 Å². The van der Waals surface area contributed by atoms with E-state index in [0.29, 0.717) is 19.4 Å². The molecule has 1 fully saturated rings. The molecule has 0 aliphatic carbocycles.